The van der Waals surface area contributed by atoms with E-state index in [0.717, 1.165) is 5.69 Å². The molecule has 0 radical (unpaired) electrons. The molecule has 2 heterocycles. The van der Waals surface area contributed by atoms with Gasteiger partial charge >= 0.3 is 0 Å². The van der Waals surface area contributed by atoms with Crippen LogP contribution in [-0.2, 0) is 9.53 Å². The smallest absolute Gasteiger partial charge is 0.278 e. The molecule has 0 atom stereocenters. The lowest BCUT2D eigenvalue weighted by atomic mass is 10.2. The number of hydrogen-bond acceptors (Lipinski definition) is 5. The van der Waals surface area contributed by atoms with Crippen LogP contribution in [0.3, 0.4) is 0 Å². The van der Waals surface area contributed by atoms with E-state index in [1.807, 2.05) is 37.3 Å². The van der Waals surface area contributed by atoms with Gasteiger partial charge < -0.3 is 4.74 Å². The lowest BCUT2D eigenvalue weighted by Crippen LogP contribution is -2.29. The molecule has 6 nitrogen and oxygen atoms in total. The summed E-state index contributed by atoms with van der Waals surface area (Å²) in [5, 5.41) is 3.06. The Kier molecular flexibility index (Phi) is 5.75. The molecule has 0 bridgehead atoms. The molecule has 26 heavy (non-hydrogen) atoms. The zero-order valence-electron chi connectivity index (χ0n) is 14.5. The second kappa shape index (κ2) is 8.03. The number of nitrogens with zero attached hydrogens (tertiary/aromatic N) is 2. The van der Waals surface area contributed by atoms with Crippen molar-refractivity contribution in [2.24, 2.45) is 0 Å². The first-order valence-corrected chi connectivity index (χ1v) is 9.36. The van der Waals surface area contributed by atoms with Crippen LogP contribution in [0.5, 0.6) is 0 Å². The third-order valence-corrected chi connectivity index (χ3v) is 5.39. The SMILES string of the molecule is COCCCN1C(=O)/C(=C/c2c(C)[nH]n(-c3ccccc3)c2=O)SC1=S. The number of aromatic nitrogens is 2. The molecule has 1 aliphatic heterocycles. The van der Waals surface area contributed by atoms with Gasteiger partial charge in [-0.1, -0.05) is 42.2 Å². The molecular formula is C18H19N3O3S2. The Morgan fingerprint density at radius 1 is 1.27 bits per heavy atom. The predicted molar refractivity (Wildman–Crippen MR) is 107 cm³/mol. The van der Waals surface area contributed by atoms with Crippen molar-refractivity contribution in [3.63, 3.8) is 0 Å². The second-order valence-electron chi connectivity index (χ2n) is 5.81. The van der Waals surface area contributed by atoms with Gasteiger partial charge in [0.05, 0.1) is 16.2 Å². The van der Waals surface area contributed by atoms with Crippen molar-refractivity contribution >= 4 is 40.3 Å². The van der Waals surface area contributed by atoms with Crippen molar-refractivity contribution in [2.75, 3.05) is 20.3 Å². The van der Waals surface area contributed by atoms with Gasteiger partial charge in [-0.05, 0) is 31.6 Å². The first kappa shape index (κ1) is 18.6. The maximum absolute atomic E-state index is 12.8. The van der Waals surface area contributed by atoms with Crippen molar-refractivity contribution in [3.8, 4) is 5.69 Å². The average molecular weight is 390 g/mol. The number of benzene rings is 1. The number of amides is 1. The van der Waals surface area contributed by atoms with Crippen molar-refractivity contribution in [1.82, 2.24) is 14.7 Å². The van der Waals surface area contributed by atoms with E-state index in [1.54, 1.807) is 18.1 Å². The first-order chi connectivity index (χ1) is 12.5. The lowest BCUT2D eigenvalue weighted by molar-refractivity contribution is -0.122. The quantitative estimate of drug-likeness (QED) is 0.467. The maximum atomic E-state index is 12.8. The van der Waals surface area contributed by atoms with Gasteiger partial charge in [0.2, 0.25) is 0 Å². The van der Waals surface area contributed by atoms with E-state index in [0.29, 0.717) is 40.1 Å². The van der Waals surface area contributed by atoms with Gasteiger partial charge in [-0.15, -0.1) is 0 Å². The fourth-order valence-electron chi connectivity index (χ4n) is 2.68. The number of nitrogens with one attached hydrogen (secondary N) is 1. The van der Waals surface area contributed by atoms with Crippen LogP contribution in [-0.4, -0.2) is 45.2 Å². The van der Waals surface area contributed by atoms with E-state index >= 15 is 0 Å². The Morgan fingerprint density at radius 2 is 2.00 bits per heavy atom. The minimum atomic E-state index is -0.196. The van der Waals surface area contributed by atoms with Crippen LogP contribution in [0.2, 0.25) is 0 Å². The molecule has 1 aromatic heterocycles. The van der Waals surface area contributed by atoms with Crippen molar-refractivity contribution in [1.29, 1.82) is 0 Å². The fourth-order valence-corrected chi connectivity index (χ4v) is 3.97. The summed E-state index contributed by atoms with van der Waals surface area (Å²) >= 11 is 6.53. The number of ether oxygens (including phenoxy) is 1. The molecular weight excluding hydrogens is 370 g/mol. The standard InChI is InChI=1S/C18H19N3O3S2/c1-12-14(16(22)21(19-12)13-7-4-3-5-8-13)11-15-17(23)20(18(25)26-15)9-6-10-24-2/h3-5,7-8,11,19H,6,9-10H2,1-2H3/b15-11-. The number of thioether (sulfide) groups is 1. The number of carbonyl (C=O) groups is 1. The summed E-state index contributed by atoms with van der Waals surface area (Å²) in [6.07, 6.45) is 2.34. The van der Waals surface area contributed by atoms with Crippen molar-refractivity contribution in [3.05, 3.63) is 56.8 Å². The molecule has 1 amide bonds. The zero-order valence-corrected chi connectivity index (χ0v) is 16.2. The number of methoxy groups -OCH3 is 1. The normalized spacial score (nSPS) is 16.1. The Labute approximate surface area is 160 Å². The minimum Gasteiger partial charge on any atom is -0.385 e. The number of H-pyrrole nitrogens is 1. The third-order valence-electron chi connectivity index (χ3n) is 4.01. The van der Waals surface area contributed by atoms with Crippen LogP contribution in [0.4, 0.5) is 0 Å². The van der Waals surface area contributed by atoms with E-state index in [4.69, 9.17) is 17.0 Å². The molecule has 1 N–H and O–H groups in total. The summed E-state index contributed by atoms with van der Waals surface area (Å²) in [6, 6.07) is 9.30. The zero-order chi connectivity index (χ0) is 18.7. The van der Waals surface area contributed by atoms with Gasteiger partial charge in [-0.3, -0.25) is 19.6 Å². The number of rotatable bonds is 6. The van der Waals surface area contributed by atoms with Gasteiger partial charge in [0.25, 0.3) is 11.5 Å². The summed E-state index contributed by atoms with van der Waals surface area (Å²) < 4.78 is 7.00. The molecule has 8 heteroatoms. The van der Waals surface area contributed by atoms with E-state index < -0.39 is 0 Å². The molecule has 136 valence electrons. The molecule has 1 saturated heterocycles. The van der Waals surface area contributed by atoms with Gasteiger partial charge in [0, 0.05) is 26.0 Å². The van der Waals surface area contributed by atoms with Crippen molar-refractivity contribution < 1.29 is 9.53 Å². The Hall–Kier alpha value is -2.16. The van der Waals surface area contributed by atoms with E-state index in [-0.39, 0.29) is 11.5 Å². The van der Waals surface area contributed by atoms with Crippen LogP contribution >= 0.6 is 24.0 Å². The van der Waals surface area contributed by atoms with Crippen LogP contribution < -0.4 is 5.56 Å². The predicted octanol–water partition coefficient (Wildman–Crippen LogP) is 2.71. The highest BCUT2D eigenvalue weighted by atomic mass is 32.2. The van der Waals surface area contributed by atoms with Crippen LogP contribution in [0.25, 0.3) is 11.8 Å². The highest BCUT2D eigenvalue weighted by Crippen LogP contribution is 2.32. The number of hydrogen-bond donors (Lipinski definition) is 1. The van der Waals surface area contributed by atoms with Gasteiger partial charge in [0.1, 0.15) is 4.32 Å². The molecule has 1 aromatic carbocycles. The summed E-state index contributed by atoms with van der Waals surface area (Å²) in [5.41, 5.74) is 1.71. The lowest BCUT2D eigenvalue weighted by Gasteiger charge is -2.13. The van der Waals surface area contributed by atoms with Crippen LogP contribution in [0, 0.1) is 6.92 Å². The molecule has 1 fully saturated rings. The average Bonchev–Trinajstić information content (AvgIpc) is 3.07. The first-order valence-electron chi connectivity index (χ1n) is 8.14. The molecule has 0 unspecified atom stereocenters. The third kappa shape index (κ3) is 3.67. The fraction of sp³-hybridized carbons (Fsp3) is 0.278. The van der Waals surface area contributed by atoms with Crippen LogP contribution in [0.1, 0.15) is 17.7 Å². The molecule has 3 rings (SSSR count). The van der Waals surface area contributed by atoms with E-state index in [9.17, 15) is 9.59 Å². The monoisotopic (exact) mass is 389 g/mol. The Bertz CT molecular complexity index is 916. The van der Waals surface area contributed by atoms with Crippen molar-refractivity contribution in [2.45, 2.75) is 13.3 Å². The number of carbonyl (C=O) groups excluding carboxylic acids is 1. The minimum absolute atomic E-state index is 0.164. The van der Waals surface area contributed by atoms with Gasteiger partial charge in [-0.2, -0.15) is 0 Å². The van der Waals surface area contributed by atoms with Crippen LogP contribution in [0.15, 0.2) is 40.0 Å². The summed E-state index contributed by atoms with van der Waals surface area (Å²) in [6.45, 7) is 2.89. The molecule has 0 spiro atoms. The molecule has 2 aromatic rings. The highest BCUT2D eigenvalue weighted by molar-refractivity contribution is 8.26. The van der Waals surface area contributed by atoms with Gasteiger partial charge in [0.15, 0.2) is 0 Å². The topological polar surface area (TPSA) is 67.3 Å². The summed E-state index contributed by atoms with van der Waals surface area (Å²) in [4.78, 5) is 27.4. The molecule has 0 aliphatic carbocycles. The Morgan fingerprint density at radius 3 is 2.69 bits per heavy atom. The maximum Gasteiger partial charge on any atom is 0.278 e. The highest BCUT2D eigenvalue weighted by Gasteiger charge is 2.32. The molecule has 0 saturated carbocycles. The van der Waals surface area contributed by atoms with E-state index in [1.165, 1.54) is 16.4 Å². The van der Waals surface area contributed by atoms with Gasteiger partial charge in [-0.25, -0.2) is 4.68 Å². The summed E-state index contributed by atoms with van der Waals surface area (Å²) in [7, 11) is 1.62. The molecule has 1 aliphatic rings. The van der Waals surface area contributed by atoms with E-state index in [2.05, 4.69) is 5.10 Å². The largest absolute Gasteiger partial charge is 0.385 e. The Balaban J connectivity index is 1.89. The second-order valence-corrected chi connectivity index (χ2v) is 7.48. The number of aryl methyl sites for hydroxylation is 1. The number of aromatic amines is 1. The summed E-state index contributed by atoms with van der Waals surface area (Å²) in [5.74, 6) is -0.164. The number of thiocarbonyl (C=S) groups is 1. The number of para-hydroxylation sites is 1.